The molecule has 11 heteroatoms. The van der Waals surface area contributed by atoms with Gasteiger partial charge in [-0.05, 0) is 55.9 Å². The molecule has 0 saturated carbocycles. The van der Waals surface area contributed by atoms with Gasteiger partial charge in [0, 0.05) is 26.1 Å². The number of carbonyl (C=O) groups is 2. The van der Waals surface area contributed by atoms with Crippen LogP contribution >= 0.6 is 0 Å². The van der Waals surface area contributed by atoms with Crippen molar-refractivity contribution in [3.63, 3.8) is 0 Å². The fourth-order valence-electron chi connectivity index (χ4n) is 4.51. The molecule has 2 aliphatic rings. The predicted molar refractivity (Wildman–Crippen MR) is 128 cm³/mol. The lowest BCUT2D eigenvalue weighted by Gasteiger charge is -2.32. The van der Waals surface area contributed by atoms with Crippen LogP contribution in [0.3, 0.4) is 0 Å². The van der Waals surface area contributed by atoms with E-state index in [1.54, 1.807) is 24.0 Å². The maximum atomic E-state index is 13.6. The number of ether oxygens (including phenoxy) is 1. The molecule has 36 heavy (non-hydrogen) atoms. The Kier molecular flexibility index (Phi) is 8.09. The van der Waals surface area contributed by atoms with Gasteiger partial charge in [0.15, 0.2) is 11.6 Å². The number of benzene rings is 1. The number of aliphatic hydroxyl groups is 1. The van der Waals surface area contributed by atoms with E-state index in [0.29, 0.717) is 48.2 Å². The van der Waals surface area contributed by atoms with Crippen molar-refractivity contribution in [2.45, 2.75) is 45.3 Å². The van der Waals surface area contributed by atoms with E-state index in [1.165, 1.54) is 19.2 Å². The average Bonchev–Trinajstić information content (AvgIpc) is 3.36. The van der Waals surface area contributed by atoms with Crippen molar-refractivity contribution in [2.75, 3.05) is 26.8 Å². The first-order valence-electron chi connectivity index (χ1n) is 11.9. The molecule has 192 valence electrons. The summed E-state index contributed by atoms with van der Waals surface area (Å²) >= 11 is 0. The fraction of sp³-hybridized carbons (Fsp3) is 0.480. The van der Waals surface area contributed by atoms with E-state index in [4.69, 9.17) is 14.7 Å². The standard InChI is InChI=1S/C25H30FN5O5/c1-15-28-20(12-22(29-15)25(34)27-13-17-3-4-19(26)23(10-17)35-2)21-11-18(36-30-21)9-16-5-7-31(8-6-16)24(33)14-32/h3-4,10,12,16,18,32H,5-9,11,13-14H2,1-2H3,(H,27,34). The van der Waals surface area contributed by atoms with Crippen LogP contribution in [0.5, 0.6) is 5.75 Å². The summed E-state index contributed by atoms with van der Waals surface area (Å²) in [7, 11) is 1.38. The second-order valence-corrected chi connectivity index (χ2v) is 9.02. The number of aryl methyl sites for hydroxylation is 1. The van der Waals surface area contributed by atoms with Crippen molar-refractivity contribution in [1.82, 2.24) is 20.2 Å². The summed E-state index contributed by atoms with van der Waals surface area (Å²) in [6, 6.07) is 6.00. The Morgan fingerprint density at radius 3 is 2.75 bits per heavy atom. The minimum absolute atomic E-state index is 0.0916. The molecule has 1 aromatic carbocycles. The van der Waals surface area contributed by atoms with Gasteiger partial charge in [-0.25, -0.2) is 14.4 Å². The number of likely N-dealkylation sites (tertiary alicyclic amines) is 1. The SMILES string of the molecule is COc1cc(CNC(=O)c2cc(C3=NOC(CC4CCN(C(=O)CO)CC4)C3)nc(C)n2)ccc1F. The zero-order valence-electron chi connectivity index (χ0n) is 20.4. The number of nitrogens with one attached hydrogen (secondary N) is 1. The summed E-state index contributed by atoms with van der Waals surface area (Å²) in [4.78, 5) is 40.5. The molecule has 2 amide bonds. The molecule has 4 rings (SSSR count). The van der Waals surface area contributed by atoms with Crippen LogP contribution in [0.25, 0.3) is 0 Å². The molecule has 0 bridgehead atoms. The van der Waals surface area contributed by atoms with E-state index in [-0.39, 0.29) is 35.9 Å². The lowest BCUT2D eigenvalue weighted by molar-refractivity contribution is -0.135. The van der Waals surface area contributed by atoms with Gasteiger partial charge in [0.05, 0.1) is 12.8 Å². The topological polar surface area (TPSA) is 126 Å². The Balaban J connectivity index is 1.33. The molecule has 2 aromatic rings. The fourth-order valence-corrected chi connectivity index (χ4v) is 4.51. The van der Waals surface area contributed by atoms with Gasteiger partial charge in [0.2, 0.25) is 5.91 Å². The number of rotatable bonds is 8. The Bertz CT molecular complexity index is 1150. The number of piperidine rings is 1. The first-order valence-corrected chi connectivity index (χ1v) is 11.9. The Morgan fingerprint density at radius 2 is 2.03 bits per heavy atom. The maximum absolute atomic E-state index is 13.6. The molecular formula is C25H30FN5O5. The van der Waals surface area contributed by atoms with Crippen LogP contribution in [0.2, 0.25) is 0 Å². The lowest BCUT2D eigenvalue weighted by atomic mass is 9.89. The molecule has 1 saturated heterocycles. The molecule has 2 N–H and O–H groups in total. The number of amides is 2. The normalized spacial score (nSPS) is 17.9. The number of halogens is 1. The Morgan fingerprint density at radius 1 is 1.25 bits per heavy atom. The van der Waals surface area contributed by atoms with Crippen LogP contribution in [0.1, 0.15) is 53.3 Å². The number of methoxy groups -OCH3 is 1. The van der Waals surface area contributed by atoms with E-state index in [1.807, 2.05) is 0 Å². The molecule has 1 fully saturated rings. The Hall–Kier alpha value is -3.60. The summed E-state index contributed by atoms with van der Waals surface area (Å²) in [5.41, 5.74) is 2.10. The van der Waals surface area contributed by atoms with Crippen molar-refractivity contribution in [3.8, 4) is 5.75 Å². The van der Waals surface area contributed by atoms with Gasteiger partial charge in [0.1, 0.15) is 29.9 Å². The van der Waals surface area contributed by atoms with Crippen LogP contribution in [-0.4, -0.2) is 70.4 Å². The molecular weight excluding hydrogens is 469 g/mol. The molecule has 1 unspecified atom stereocenters. The van der Waals surface area contributed by atoms with Gasteiger partial charge in [-0.15, -0.1) is 0 Å². The largest absolute Gasteiger partial charge is 0.494 e. The zero-order valence-corrected chi connectivity index (χ0v) is 20.4. The van der Waals surface area contributed by atoms with Crippen molar-refractivity contribution in [1.29, 1.82) is 0 Å². The highest BCUT2D eigenvalue weighted by molar-refractivity contribution is 6.01. The summed E-state index contributed by atoms with van der Waals surface area (Å²) in [5, 5.41) is 16.0. The highest BCUT2D eigenvalue weighted by Crippen LogP contribution is 2.28. The molecule has 1 aromatic heterocycles. The third-order valence-electron chi connectivity index (χ3n) is 6.47. The van der Waals surface area contributed by atoms with E-state index >= 15 is 0 Å². The van der Waals surface area contributed by atoms with Gasteiger partial charge in [-0.2, -0.15) is 0 Å². The van der Waals surface area contributed by atoms with Crippen LogP contribution in [-0.2, 0) is 16.2 Å². The number of hydrogen-bond acceptors (Lipinski definition) is 8. The quantitative estimate of drug-likeness (QED) is 0.569. The van der Waals surface area contributed by atoms with Gasteiger partial charge in [-0.1, -0.05) is 11.2 Å². The summed E-state index contributed by atoms with van der Waals surface area (Å²) in [6.45, 7) is 2.72. The molecule has 3 heterocycles. The van der Waals surface area contributed by atoms with Gasteiger partial charge in [-0.3, -0.25) is 9.59 Å². The van der Waals surface area contributed by atoms with Gasteiger partial charge in [0.25, 0.3) is 5.91 Å². The number of hydrogen-bond donors (Lipinski definition) is 2. The molecule has 0 radical (unpaired) electrons. The first-order chi connectivity index (χ1) is 17.4. The molecule has 2 aliphatic heterocycles. The van der Waals surface area contributed by atoms with E-state index in [9.17, 15) is 14.0 Å². The van der Waals surface area contributed by atoms with Crippen molar-refractivity contribution in [2.24, 2.45) is 11.1 Å². The maximum Gasteiger partial charge on any atom is 0.270 e. The summed E-state index contributed by atoms with van der Waals surface area (Å²) < 4.78 is 18.6. The number of nitrogens with zero attached hydrogens (tertiary/aromatic N) is 4. The monoisotopic (exact) mass is 499 g/mol. The zero-order chi connectivity index (χ0) is 25.7. The Labute approximate surface area is 208 Å². The first kappa shape index (κ1) is 25.5. The van der Waals surface area contributed by atoms with Gasteiger partial charge >= 0.3 is 0 Å². The molecule has 0 aliphatic carbocycles. The lowest BCUT2D eigenvalue weighted by Crippen LogP contribution is -2.40. The number of aromatic nitrogens is 2. The van der Waals surface area contributed by atoms with E-state index in [2.05, 4.69) is 20.4 Å². The highest BCUT2D eigenvalue weighted by Gasteiger charge is 2.30. The molecule has 1 atom stereocenters. The van der Waals surface area contributed by atoms with Crippen molar-refractivity contribution >= 4 is 17.5 Å². The second-order valence-electron chi connectivity index (χ2n) is 9.02. The minimum Gasteiger partial charge on any atom is -0.494 e. The van der Waals surface area contributed by atoms with E-state index in [0.717, 1.165) is 19.3 Å². The van der Waals surface area contributed by atoms with E-state index < -0.39 is 12.4 Å². The van der Waals surface area contributed by atoms with Crippen LogP contribution in [0.15, 0.2) is 29.4 Å². The molecule has 10 nitrogen and oxygen atoms in total. The van der Waals surface area contributed by atoms with Crippen molar-refractivity contribution in [3.05, 3.63) is 52.9 Å². The third-order valence-corrected chi connectivity index (χ3v) is 6.47. The number of aliphatic hydroxyl groups excluding tert-OH is 1. The average molecular weight is 500 g/mol. The van der Waals surface area contributed by atoms with Crippen LogP contribution in [0, 0.1) is 18.7 Å². The molecule has 0 spiro atoms. The van der Waals surface area contributed by atoms with Crippen LogP contribution in [0.4, 0.5) is 4.39 Å². The minimum atomic E-state index is -0.469. The number of oxime groups is 1. The van der Waals surface area contributed by atoms with Gasteiger partial charge < -0.3 is 24.9 Å². The smallest absolute Gasteiger partial charge is 0.270 e. The van der Waals surface area contributed by atoms with Crippen molar-refractivity contribution < 1.29 is 28.7 Å². The number of carbonyl (C=O) groups excluding carboxylic acids is 2. The summed E-state index contributed by atoms with van der Waals surface area (Å²) in [6.07, 6.45) is 3.01. The third kappa shape index (κ3) is 6.14. The highest BCUT2D eigenvalue weighted by atomic mass is 19.1. The van der Waals surface area contributed by atoms with Crippen LogP contribution < -0.4 is 10.1 Å². The second kappa shape index (κ2) is 11.4. The predicted octanol–water partition coefficient (Wildman–Crippen LogP) is 1.98. The summed E-state index contributed by atoms with van der Waals surface area (Å²) in [5.74, 6) is -0.124.